The Morgan fingerprint density at radius 2 is 0.541 bits per heavy atom. The largest absolute Gasteiger partial charge is 3.00 e. The average molecular weight is 704 g/mol. The van der Waals surface area contributed by atoms with Gasteiger partial charge in [0.15, 0.2) is 0 Å². The maximum atomic E-state index is 4.98. The summed E-state index contributed by atoms with van der Waals surface area (Å²) in [4.78, 5) is 6.41. The molecule has 0 unspecified atom stereocenters. The van der Waals surface area contributed by atoms with Gasteiger partial charge in [0.05, 0.1) is 0 Å². The number of unbranched alkanes of at least 4 members (excludes halogenated alkanes) is 6. The zero-order chi connectivity index (χ0) is 28.2. The van der Waals surface area contributed by atoms with E-state index < -0.39 is 0 Å². The van der Waals surface area contributed by atoms with Crippen LogP contribution in [0.3, 0.4) is 0 Å². The number of hydrogen-bond acceptors (Lipinski definition) is 6. The maximum absolute atomic E-state index is 4.98. The number of rotatable bonds is 18. The molecule has 0 saturated carbocycles. The fourth-order valence-electron chi connectivity index (χ4n) is 2.98. The first-order valence-corrected chi connectivity index (χ1v) is 16.5. The van der Waals surface area contributed by atoms with Crippen LogP contribution < -0.4 is 0 Å². The summed E-state index contributed by atoms with van der Waals surface area (Å²) in [5.74, 6) is 0. The summed E-state index contributed by atoms with van der Waals surface area (Å²) in [7, 11) is 0. The molecule has 0 bridgehead atoms. The van der Waals surface area contributed by atoms with Gasteiger partial charge in [0.2, 0.25) is 0 Å². The molecule has 0 aromatic rings. The first kappa shape index (κ1) is 45.2. The molecular formula is C27H54N3S6Zr. The minimum absolute atomic E-state index is 0. The number of nitrogens with zero attached hydrogens (tertiary/aromatic N) is 3. The van der Waals surface area contributed by atoms with Gasteiger partial charge in [-0.3, -0.25) is 0 Å². The van der Waals surface area contributed by atoms with E-state index in [4.69, 9.17) is 74.5 Å². The van der Waals surface area contributed by atoms with E-state index in [2.05, 4.69) is 56.2 Å². The van der Waals surface area contributed by atoms with Gasteiger partial charge in [-0.2, -0.15) is 0 Å². The second-order valence-electron chi connectivity index (χ2n) is 8.88. The van der Waals surface area contributed by atoms with Gasteiger partial charge in [-0.05, 0) is 38.5 Å². The van der Waals surface area contributed by atoms with Crippen LogP contribution >= 0.6 is 36.7 Å². The fraction of sp³-hybridized carbons (Fsp3) is 0.889. The first-order chi connectivity index (χ1) is 17.2. The summed E-state index contributed by atoms with van der Waals surface area (Å²) < 4.78 is 1.91. The Labute approximate surface area is 283 Å². The van der Waals surface area contributed by atoms with Crippen LogP contribution in [-0.2, 0) is 64.1 Å². The first-order valence-electron chi connectivity index (χ1n) is 14.0. The Bertz CT molecular complexity index is 431. The zero-order valence-corrected chi connectivity index (χ0v) is 31.9. The van der Waals surface area contributed by atoms with Crippen molar-refractivity contribution in [3.05, 3.63) is 0 Å². The fourth-order valence-corrected chi connectivity index (χ4v) is 4.07. The summed E-state index contributed by atoms with van der Waals surface area (Å²) in [6, 6.07) is 0. The summed E-state index contributed by atoms with van der Waals surface area (Å²) in [6.07, 6.45) is 14.4. The van der Waals surface area contributed by atoms with E-state index in [-0.39, 0.29) is 26.2 Å². The molecule has 0 saturated heterocycles. The predicted octanol–water partition coefficient (Wildman–Crippen LogP) is 8.16. The molecule has 217 valence electrons. The van der Waals surface area contributed by atoms with Crippen LogP contribution in [0.25, 0.3) is 0 Å². The van der Waals surface area contributed by atoms with Crippen LogP contribution in [0.15, 0.2) is 0 Å². The summed E-state index contributed by atoms with van der Waals surface area (Å²) >= 11 is 29.9. The number of thiocarbonyl (C=S) groups is 3. The molecule has 0 atom stereocenters. The van der Waals surface area contributed by atoms with Crippen molar-refractivity contribution in [1.29, 1.82) is 0 Å². The molecule has 0 aliphatic rings. The van der Waals surface area contributed by atoms with E-state index in [9.17, 15) is 0 Å². The van der Waals surface area contributed by atoms with E-state index in [1.165, 1.54) is 77.0 Å². The van der Waals surface area contributed by atoms with E-state index in [1.807, 2.05) is 0 Å². The molecule has 0 rings (SSSR count). The molecule has 10 heteroatoms. The second kappa shape index (κ2) is 35.2. The normalized spacial score (nSPS) is 9.57. The summed E-state index contributed by atoms with van der Waals surface area (Å²) in [5.41, 5.74) is 0. The maximum Gasteiger partial charge on any atom is 3.00 e. The predicted molar refractivity (Wildman–Crippen MR) is 184 cm³/mol. The zero-order valence-electron chi connectivity index (χ0n) is 24.5. The van der Waals surface area contributed by atoms with Crippen molar-refractivity contribution in [3.63, 3.8) is 0 Å². The molecule has 0 aromatic carbocycles. The Morgan fingerprint density at radius 1 is 0.405 bits per heavy atom. The van der Waals surface area contributed by atoms with E-state index in [0.717, 1.165) is 39.3 Å². The van der Waals surface area contributed by atoms with Crippen molar-refractivity contribution in [2.75, 3.05) is 39.3 Å². The second-order valence-corrected chi connectivity index (χ2v) is 12.0. The smallest absolute Gasteiger partial charge is 0.411 e. The van der Waals surface area contributed by atoms with E-state index in [1.54, 1.807) is 0 Å². The third-order valence-electron chi connectivity index (χ3n) is 5.46. The summed E-state index contributed by atoms with van der Waals surface area (Å²) in [6.45, 7) is 19.4. The van der Waals surface area contributed by atoms with Gasteiger partial charge in [-0.1, -0.05) is 93.0 Å². The van der Waals surface area contributed by atoms with Crippen LogP contribution in [0.5, 0.6) is 0 Å². The van der Waals surface area contributed by atoms with Gasteiger partial charge in [0, 0.05) is 39.3 Å². The van der Waals surface area contributed by atoms with Crippen molar-refractivity contribution >= 4 is 87.5 Å². The van der Waals surface area contributed by atoms with Crippen molar-refractivity contribution in [2.24, 2.45) is 0 Å². The molecular weight excluding hydrogens is 650 g/mol. The molecule has 1 radical (unpaired) electrons. The molecule has 0 aromatic heterocycles. The minimum atomic E-state index is 0. The molecule has 3 nitrogen and oxygen atoms in total. The van der Waals surface area contributed by atoms with Crippen molar-refractivity contribution in [1.82, 2.24) is 14.7 Å². The van der Waals surface area contributed by atoms with E-state index >= 15 is 0 Å². The van der Waals surface area contributed by atoms with Gasteiger partial charge in [0.25, 0.3) is 0 Å². The molecule has 37 heavy (non-hydrogen) atoms. The number of hydrogen-bond donors (Lipinski definition) is 0. The Hall–Kier alpha value is 1.21. The molecule has 0 spiro atoms. The Morgan fingerprint density at radius 3 is 0.622 bits per heavy atom. The van der Waals surface area contributed by atoms with Crippen LogP contribution in [0, 0.1) is 0 Å². The SMILES string of the molecule is CCCCN(CCCC)C(=S)[S-].CCCCN(CCCC)C(=S)[S-].CCCCN(CCCC)C(=S)[S-].[Zr+3]. The van der Waals surface area contributed by atoms with Gasteiger partial charge in [-0.15, -0.1) is 0 Å². The van der Waals surface area contributed by atoms with Crippen LogP contribution in [0.2, 0.25) is 0 Å². The van der Waals surface area contributed by atoms with Crippen LogP contribution in [0.1, 0.15) is 119 Å². The van der Waals surface area contributed by atoms with Gasteiger partial charge in [0.1, 0.15) is 0 Å². The van der Waals surface area contributed by atoms with Gasteiger partial charge < -0.3 is 89.2 Å². The quantitative estimate of drug-likeness (QED) is 0.102. The molecule has 0 amide bonds. The van der Waals surface area contributed by atoms with Crippen molar-refractivity contribution in [2.45, 2.75) is 119 Å². The molecule has 0 N–H and O–H groups in total. The molecule has 0 aliphatic heterocycles. The van der Waals surface area contributed by atoms with Crippen LogP contribution in [-0.4, -0.2) is 66.9 Å². The van der Waals surface area contributed by atoms with Crippen molar-refractivity contribution in [3.8, 4) is 0 Å². The van der Waals surface area contributed by atoms with Crippen molar-refractivity contribution < 1.29 is 26.2 Å². The van der Waals surface area contributed by atoms with Gasteiger partial charge >= 0.3 is 26.2 Å². The average Bonchev–Trinajstić information content (AvgIpc) is 2.84. The van der Waals surface area contributed by atoms with Gasteiger partial charge in [-0.25, -0.2) is 0 Å². The van der Waals surface area contributed by atoms with E-state index in [0.29, 0.717) is 13.0 Å². The standard InChI is InChI=1S/3C9H19NS2.Zr/c3*1-3-5-7-10(9(11)12)8-6-4-2;/h3*3-8H2,1-2H3,(H,11,12);/q;;;+3/p-3. The molecule has 0 fully saturated rings. The molecule has 0 aliphatic carbocycles. The Kier molecular flexibility index (Phi) is 43.1. The third kappa shape index (κ3) is 33.3. The topological polar surface area (TPSA) is 9.72 Å². The third-order valence-corrected chi connectivity index (χ3v) is 7.01. The monoisotopic (exact) mass is 702 g/mol. The van der Waals surface area contributed by atoms with Crippen LogP contribution in [0.4, 0.5) is 0 Å². The minimum Gasteiger partial charge on any atom is -0.411 e. The molecule has 0 heterocycles. The summed E-state index contributed by atoms with van der Waals surface area (Å²) in [5, 5.41) is 0. The Balaban J connectivity index is -0.000000218.